The average molecular weight is 234 g/mol. The topological polar surface area (TPSA) is 26.3 Å². The molecule has 0 radical (unpaired) electrons. The molecule has 0 heterocycles. The van der Waals surface area contributed by atoms with E-state index in [9.17, 15) is 4.79 Å². The first-order valence-electron chi connectivity index (χ1n) is 6.45. The molecule has 0 aliphatic heterocycles. The summed E-state index contributed by atoms with van der Waals surface area (Å²) in [6.45, 7) is 4.67. The minimum absolute atomic E-state index is 0.0749. The van der Waals surface area contributed by atoms with Crippen molar-refractivity contribution < 1.29 is 9.53 Å². The largest absolute Gasteiger partial charge is 0.461 e. The Morgan fingerprint density at radius 3 is 2.53 bits per heavy atom. The molecule has 0 amide bonds. The van der Waals surface area contributed by atoms with Gasteiger partial charge in [0.1, 0.15) is 6.61 Å². The molecule has 0 saturated heterocycles. The summed E-state index contributed by atoms with van der Waals surface area (Å²) in [6, 6.07) is 9.80. The second-order valence-electron chi connectivity index (χ2n) is 4.41. The Morgan fingerprint density at radius 2 is 1.94 bits per heavy atom. The number of esters is 1. The number of benzene rings is 1. The summed E-state index contributed by atoms with van der Waals surface area (Å²) in [5, 5.41) is 0. The Morgan fingerprint density at radius 1 is 1.24 bits per heavy atom. The average Bonchev–Trinajstić information content (AvgIpc) is 2.37. The number of hydrogen-bond donors (Lipinski definition) is 0. The van der Waals surface area contributed by atoms with Gasteiger partial charge in [-0.15, -0.1) is 0 Å². The van der Waals surface area contributed by atoms with Gasteiger partial charge in [0.05, 0.1) is 0 Å². The first-order valence-corrected chi connectivity index (χ1v) is 6.45. The number of rotatable bonds is 7. The van der Waals surface area contributed by atoms with Gasteiger partial charge in [-0.1, -0.05) is 63.4 Å². The molecule has 0 N–H and O–H groups in total. The lowest BCUT2D eigenvalue weighted by molar-refractivity contribution is -0.146. The Labute approximate surface area is 104 Å². The van der Waals surface area contributed by atoms with Crippen molar-refractivity contribution in [2.24, 2.45) is 5.92 Å². The summed E-state index contributed by atoms with van der Waals surface area (Å²) in [5.41, 5.74) is 1.05. The molecular weight excluding hydrogens is 212 g/mol. The van der Waals surface area contributed by atoms with E-state index in [2.05, 4.69) is 13.8 Å². The van der Waals surface area contributed by atoms with Crippen molar-refractivity contribution in [3.05, 3.63) is 35.9 Å². The maximum Gasteiger partial charge on any atom is 0.306 e. The molecule has 2 heteroatoms. The molecule has 0 fully saturated rings. The van der Waals surface area contributed by atoms with Crippen molar-refractivity contribution >= 4 is 5.97 Å². The van der Waals surface area contributed by atoms with Crippen LogP contribution < -0.4 is 0 Å². The fraction of sp³-hybridized carbons (Fsp3) is 0.533. The van der Waals surface area contributed by atoms with E-state index < -0.39 is 0 Å². The maximum absolute atomic E-state index is 11.6. The molecule has 0 spiro atoms. The predicted octanol–water partition coefficient (Wildman–Crippen LogP) is 3.95. The van der Waals surface area contributed by atoms with E-state index in [4.69, 9.17) is 4.74 Å². The Balaban J connectivity index is 2.30. The van der Waals surface area contributed by atoms with Crippen LogP contribution in [0.3, 0.4) is 0 Å². The van der Waals surface area contributed by atoms with Gasteiger partial charge in [0.25, 0.3) is 0 Å². The molecule has 1 aromatic carbocycles. The molecule has 94 valence electrons. The van der Waals surface area contributed by atoms with Crippen molar-refractivity contribution in [1.29, 1.82) is 0 Å². The van der Waals surface area contributed by atoms with Crippen LogP contribution >= 0.6 is 0 Å². The highest BCUT2D eigenvalue weighted by atomic mass is 16.5. The van der Waals surface area contributed by atoms with Crippen LogP contribution in [-0.2, 0) is 16.1 Å². The van der Waals surface area contributed by atoms with Gasteiger partial charge in [-0.3, -0.25) is 4.79 Å². The van der Waals surface area contributed by atoms with Gasteiger partial charge in [0.2, 0.25) is 0 Å². The van der Waals surface area contributed by atoms with E-state index in [0.717, 1.165) is 24.8 Å². The zero-order chi connectivity index (χ0) is 12.5. The summed E-state index contributed by atoms with van der Waals surface area (Å²) in [7, 11) is 0. The van der Waals surface area contributed by atoms with Crippen LogP contribution in [0.5, 0.6) is 0 Å². The Hall–Kier alpha value is -1.31. The molecule has 2 nitrogen and oxygen atoms in total. The molecule has 0 aliphatic carbocycles. The van der Waals surface area contributed by atoms with Crippen molar-refractivity contribution in [2.75, 3.05) is 0 Å². The van der Waals surface area contributed by atoms with Crippen LogP contribution in [0.2, 0.25) is 0 Å². The van der Waals surface area contributed by atoms with Gasteiger partial charge < -0.3 is 4.74 Å². The monoisotopic (exact) mass is 234 g/mol. The smallest absolute Gasteiger partial charge is 0.306 e. The lowest BCUT2D eigenvalue weighted by Crippen LogP contribution is -2.11. The van der Waals surface area contributed by atoms with Crippen LogP contribution in [0.1, 0.15) is 45.1 Å². The van der Waals surface area contributed by atoms with Crippen LogP contribution in [0.15, 0.2) is 30.3 Å². The third kappa shape index (κ3) is 5.53. The summed E-state index contributed by atoms with van der Waals surface area (Å²) >= 11 is 0. The molecule has 1 aromatic rings. The number of hydrogen-bond acceptors (Lipinski definition) is 2. The lowest BCUT2D eigenvalue weighted by atomic mass is 9.97. The van der Waals surface area contributed by atoms with Crippen molar-refractivity contribution in [3.63, 3.8) is 0 Å². The van der Waals surface area contributed by atoms with Gasteiger partial charge >= 0.3 is 5.97 Å². The van der Waals surface area contributed by atoms with Crippen molar-refractivity contribution in [3.8, 4) is 0 Å². The second kappa shape index (κ2) is 7.88. The normalized spacial score (nSPS) is 12.1. The number of carbonyl (C=O) groups is 1. The third-order valence-electron chi connectivity index (χ3n) is 2.97. The van der Waals surface area contributed by atoms with E-state index in [-0.39, 0.29) is 5.97 Å². The highest BCUT2D eigenvalue weighted by Crippen LogP contribution is 2.16. The quantitative estimate of drug-likeness (QED) is 0.668. The first kappa shape index (κ1) is 13.8. The zero-order valence-corrected chi connectivity index (χ0v) is 10.8. The van der Waals surface area contributed by atoms with Crippen molar-refractivity contribution in [2.45, 2.75) is 46.1 Å². The highest BCUT2D eigenvalue weighted by Gasteiger charge is 2.12. The first-order chi connectivity index (χ1) is 8.26. The molecule has 1 atom stereocenters. The highest BCUT2D eigenvalue weighted by molar-refractivity contribution is 5.69. The maximum atomic E-state index is 11.6. The van der Waals surface area contributed by atoms with Gasteiger partial charge in [-0.05, 0) is 11.5 Å². The fourth-order valence-electron chi connectivity index (χ4n) is 1.89. The third-order valence-corrected chi connectivity index (χ3v) is 2.97. The molecule has 1 unspecified atom stereocenters. The van der Waals surface area contributed by atoms with Crippen LogP contribution in [0.4, 0.5) is 0 Å². The molecule has 0 saturated carbocycles. The fourth-order valence-corrected chi connectivity index (χ4v) is 1.89. The van der Waals surface area contributed by atoms with Gasteiger partial charge in [0, 0.05) is 6.42 Å². The van der Waals surface area contributed by atoms with E-state index in [1.165, 1.54) is 0 Å². The van der Waals surface area contributed by atoms with Crippen molar-refractivity contribution in [1.82, 2.24) is 0 Å². The molecule has 0 bridgehead atoms. The Bertz CT molecular complexity index is 319. The van der Waals surface area contributed by atoms with E-state index in [0.29, 0.717) is 18.9 Å². The minimum atomic E-state index is -0.0749. The van der Waals surface area contributed by atoms with Gasteiger partial charge in [-0.25, -0.2) is 0 Å². The minimum Gasteiger partial charge on any atom is -0.461 e. The lowest BCUT2D eigenvalue weighted by Gasteiger charge is -2.12. The second-order valence-corrected chi connectivity index (χ2v) is 4.41. The van der Waals surface area contributed by atoms with Crippen LogP contribution in [-0.4, -0.2) is 5.97 Å². The summed E-state index contributed by atoms with van der Waals surface area (Å²) in [5.74, 6) is 0.400. The van der Waals surface area contributed by atoms with Gasteiger partial charge in [-0.2, -0.15) is 0 Å². The van der Waals surface area contributed by atoms with Crippen LogP contribution in [0.25, 0.3) is 0 Å². The van der Waals surface area contributed by atoms with E-state index >= 15 is 0 Å². The summed E-state index contributed by atoms with van der Waals surface area (Å²) in [4.78, 5) is 11.6. The predicted molar refractivity (Wildman–Crippen MR) is 69.5 cm³/mol. The molecule has 0 aliphatic rings. The Kier molecular flexibility index (Phi) is 6.38. The number of ether oxygens (including phenoxy) is 1. The standard InChI is InChI=1S/C15H22O2/c1-3-8-13(4-2)11-15(16)17-12-14-9-6-5-7-10-14/h5-7,9-10,13H,3-4,8,11-12H2,1-2H3. The summed E-state index contributed by atoms with van der Waals surface area (Å²) in [6.07, 6.45) is 3.84. The molecule has 17 heavy (non-hydrogen) atoms. The molecular formula is C15H22O2. The van der Waals surface area contributed by atoms with Crippen LogP contribution in [0, 0.1) is 5.92 Å². The zero-order valence-electron chi connectivity index (χ0n) is 10.8. The van der Waals surface area contributed by atoms with Gasteiger partial charge in [0.15, 0.2) is 0 Å². The molecule has 0 aromatic heterocycles. The SMILES string of the molecule is CCCC(CC)CC(=O)OCc1ccccc1. The van der Waals surface area contributed by atoms with E-state index in [1.807, 2.05) is 30.3 Å². The summed E-state index contributed by atoms with van der Waals surface area (Å²) < 4.78 is 5.27. The molecule has 1 rings (SSSR count). The number of carbonyl (C=O) groups excluding carboxylic acids is 1. The van der Waals surface area contributed by atoms with E-state index in [1.54, 1.807) is 0 Å².